The van der Waals surface area contributed by atoms with Crippen molar-refractivity contribution >= 4 is 17.5 Å². The predicted octanol–water partition coefficient (Wildman–Crippen LogP) is 4.75. The van der Waals surface area contributed by atoms with Crippen LogP contribution < -0.4 is 15.4 Å². The summed E-state index contributed by atoms with van der Waals surface area (Å²) in [4.78, 5) is 24.9. The molecule has 9 heteroatoms. The number of amides is 2. The van der Waals surface area contributed by atoms with E-state index in [0.29, 0.717) is 43.1 Å². The van der Waals surface area contributed by atoms with Gasteiger partial charge < -0.3 is 19.9 Å². The maximum atomic E-state index is 12.8. The van der Waals surface area contributed by atoms with Crippen LogP contribution in [-0.2, 0) is 5.41 Å². The number of rotatable bonds is 9. The molecule has 1 fully saturated rings. The SMILES string of the molecule is CC(CCOc1ccc(-c2noc(C(C)(C)C)n2)cc1)CCN1CCN(c2ccnc(N)c2)C1=O. The first kappa shape index (κ1) is 24.5. The van der Waals surface area contributed by atoms with E-state index >= 15 is 0 Å². The first-order chi connectivity index (χ1) is 16.7. The fraction of sp³-hybridized carbons (Fsp3) is 0.462. The molecule has 1 atom stereocenters. The van der Waals surface area contributed by atoms with Crippen LogP contribution in [0, 0.1) is 5.92 Å². The molecule has 186 valence electrons. The fourth-order valence-electron chi connectivity index (χ4n) is 3.88. The highest BCUT2D eigenvalue weighted by Gasteiger charge is 2.29. The molecule has 3 heterocycles. The number of carbonyl (C=O) groups excluding carboxylic acids is 1. The Balaban J connectivity index is 1.19. The molecule has 0 radical (unpaired) electrons. The van der Waals surface area contributed by atoms with E-state index in [9.17, 15) is 4.79 Å². The highest BCUT2D eigenvalue weighted by molar-refractivity contribution is 5.94. The lowest BCUT2D eigenvalue weighted by Gasteiger charge is -2.20. The van der Waals surface area contributed by atoms with Crippen molar-refractivity contribution in [2.75, 3.05) is 36.9 Å². The number of nitrogen functional groups attached to an aromatic ring is 1. The maximum Gasteiger partial charge on any atom is 0.324 e. The van der Waals surface area contributed by atoms with Gasteiger partial charge in [0.1, 0.15) is 11.6 Å². The van der Waals surface area contributed by atoms with Crippen LogP contribution in [0.4, 0.5) is 16.3 Å². The van der Waals surface area contributed by atoms with Gasteiger partial charge in [-0.2, -0.15) is 4.98 Å². The molecule has 2 aromatic heterocycles. The topological polar surface area (TPSA) is 111 Å². The summed E-state index contributed by atoms with van der Waals surface area (Å²) in [5.41, 5.74) is 7.27. The van der Waals surface area contributed by atoms with E-state index in [1.807, 2.05) is 56.0 Å². The van der Waals surface area contributed by atoms with Gasteiger partial charge >= 0.3 is 6.03 Å². The van der Waals surface area contributed by atoms with Crippen LogP contribution in [0.5, 0.6) is 5.75 Å². The minimum atomic E-state index is -0.180. The van der Waals surface area contributed by atoms with Gasteiger partial charge in [-0.25, -0.2) is 9.78 Å². The molecule has 0 saturated carbocycles. The highest BCUT2D eigenvalue weighted by atomic mass is 16.5. The normalized spacial score (nSPS) is 15.0. The zero-order valence-corrected chi connectivity index (χ0v) is 20.9. The molecule has 0 spiro atoms. The lowest BCUT2D eigenvalue weighted by atomic mass is 9.97. The maximum absolute atomic E-state index is 12.8. The molecular weight excluding hydrogens is 444 g/mol. The summed E-state index contributed by atoms with van der Waals surface area (Å²) in [6.07, 6.45) is 3.47. The molecule has 1 aliphatic rings. The van der Waals surface area contributed by atoms with Crippen LogP contribution in [0.1, 0.15) is 46.4 Å². The van der Waals surface area contributed by atoms with Gasteiger partial charge in [0.2, 0.25) is 11.7 Å². The minimum absolute atomic E-state index is 0.0235. The van der Waals surface area contributed by atoms with E-state index in [2.05, 4.69) is 22.0 Å². The van der Waals surface area contributed by atoms with Crippen molar-refractivity contribution in [1.82, 2.24) is 20.0 Å². The number of hydrogen-bond acceptors (Lipinski definition) is 7. The Labute approximate surface area is 206 Å². The Morgan fingerprint density at radius 1 is 1.14 bits per heavy atom. The molecule has 9 nitrogen and oxygen atoms in total. The first-order valence-electron chi connectivity index (χ1n) is 12.1. The average molecular weight is 479 g/mol. The fourth-order valence-corrected chi connectivity index (χ4v) is 3.88. The summed E-state index contributed by atoms with van der Waals surface area (Å²) in [7, 11) is 0. The first-order valence-corrected chi connectivity index (χ1v) is 12.1. The van der Waals surface area contributed by atoms with Gasteiger partial charge in [0, 0.05) is 42.9 Å². The van der Waals surface area contributed by atoms with Crippen LogP contribution in [0.15, 0.2) is 47.1 Å². The smallest absolute Gasteiger partial charge is 0.324 e. The standard InChI is InChI=1S/C26H34N6O3/c1-18(10-13-31-14-15-32(25(31)33)20-9-12-28-22(27)17-20)11-16-34-21-7-5-19(6-8-21)23-29-24(35-30-23)26(2,3)4/h5-9,12,17-18H,10-11,13-16H2,1-4H3,(H2,27,28). The zero-order valence-electron chi connectivity index (χ0n) is 20.9. The number of carbonyl (C=O) groups is 1. The third-order valence-corrected chi connectivity index (χ3v) is 6.12. The van der Waals surface area contributed by atoms with E-state index in [4.69, 9.17) is 15.0 Å². The summed E-state index contributed by atoms with van der Waals surface area (Å²) >= 11 is 0. The van der Waals surface area contributed by atoms with Crippen LogP contribution in [0.3, 0.4) is 0 Å². The second-order valence-electron chi connectivity index (χ2n) is 10.1. The Hall–Kier alpha value is -3.62. The summed E-state index contributed by atoms with van der Waals surface area (Å²) in [5, 5.41) is 4.09. The Kier molecular flexibility index (Phi) is 7.23. The predicted molar refractivity (Wildman–Crippen MR) is 135 cm³/mol. The average Bonchev–Trinajstić information content (AvgIpc) is 3.46. The molecule has 1 aliphatic heterocycles. The second kappa shape index (κ2) is 10.3. The van der Waals surface area contributed by atoms with E-state index in [-0.39, 0.29) is 11.4 Å². The number of urea groups is 1. The number of nitrogens with zero attached hydrogens (tertiary/aromatic N) is 5. The van der Waals surface area contributed by atoms with Gasteiger partial charge in [0.05, 0.1) is 12.3 Å². The third kappa shape index (κ3) is 6.09. The van der Waals surface area contributed by atoms with E-state index in [0.717, 1.165) is 36.4 Å². The van der Waals surface area contributed by atoms with Crippen molar-refractivity contribution in [3.05, 3.63) is 48.5 Å². The second-order valence-corrected chi connectivity index (χ2v) is 10.1. The Morgan fingerprint density at radius 2 is 1.91 bits per heavy atom. The van der Waals surface area contributed by atoms with Gasteiger partial charge in [0.15, 0.2) is 0 Å². The largest absolute Gasteiger partial charge is 0.494 e. The lowest BCUT2D eigenvalue weighted by Crippen LogP contribution is -2.33. The monoisotopic (exact) mass is 478 g/mol. The Bertz CT molecular complexity index is 1140. The van der Waals surface area contributed by atoms with E-state index in [1.165, 1.54) is 0 Å². The van der Waals surface area contributed by atoms with Crippen molar-refractivity contribution in [2.24, 2.45) is 5.92 Å². The zero-order chi connectivity index (χ0) is 25.0. The van der Waals surface area contributed by atoms with Crippen LogP contribution in [-0.4, -0.2) is 52.3 Å². The van der Waals surface area contributed by atoms with Crippen molar-refractivity contribution in [3.8, 4) is 17.1 Å². The number of ether oxygens (including phenoxy) is 1. The summed E-state index contributed by atoms with van der Waals surface area (Å²) < 4.78 is 11.3. The van der Waals surface area contributed by atoms with E-state index < -0.39 is 0 Å². The Morgan fingerprint density at radius 3 is 2.60 bits per heavy atom. The van der Waals surface area contributed by atoms with E-state index in [1.54, 1.807) is 17.2 Å². The number of nitrogens with two attached hydrogens (primary N) is 1. The van der Waals surface area contributed by atoms with Gasteiger partial charge in [-0.3, -0.25) is 4.90 Å². The highest BCUT2D eigenvalue weighted by Crippen LogP contribution is 2.26. The van der Waals surface area contributed by atoms with Crippen molar-refractivity contribution < 1.29 is 14.1 Å². The van der Waals surface area contributed by atoms with Crippen molar-refractivity contribution in [3.63, 3.8) is 0 Å². The molecule has 2 amide bonds. The van der Waals surface area contributed by atoms with Crippen molar-refractivity contribution in [2.45, 2.75) is 46.0 Å². The number of benzene rings is 1. The number of hydrogen-bond donors (Lipinski definition) is 1. The summed E-state index contributed by atoms with van der Waals surface area (Å²) in [6.45, 7) is 11.0. The molecule has 2 N–H and O–H groups in total. The minimum Gasteiger partial charge on any atom is -0.494 e. The number of pyridine rings is 1. The quantitative estimate of drug-likeness (QED) is 0.472. The van der Waals surface area contributed by atoms with Gasteiger partial charge in [0.25, 0.3) is 0 Å². The molecular formula is C26H34N6O3. The molecule has 0 aliphatic carbocycles. The summed E-state index contributed by atoms with van der Waals surface area (Å²) in [6, 6.07) is 11.3. The molecule has 0 bridgehead atoms. The molecule has 35 heavy (non-hydrogen) atoms. The van der Waals surface area contributed by atoms with Crippen LogP contribution in [0.2, 0.25) is 0 Å². The lowest BCUT2D eigenvalue weighted by molar-refractivity contribution is 0.214. The molecule has 4 rings (SSSR count). The molecule has 1 aromatic carbocycles. The number of aromatic nitrogens is 3. The van der Waals surface area contributed by atoms with Gasteiger partial charge in [-0.05, 0) is 49.1 Å². The molecule has 3 aromatic rings. The van der Waals surface area contributed by atoms with Crippen LogP contribution in [0.25, 0.3) is 11.4 Å². The third-order valence-electron chi connectivity index (χ3n) is 6.12. The van der Waals surface area contributed by atoms with Crippen molar-refractivity contribution in [1.29, 1.82) is 0 Å². The molecule has 1 unspecified atom stereocenters. The van der Waals surface area contributed by atoms with Crippen LogP contribution >= 0.6 is 0 Å². The van der Waals surface area contributed by atoms with Gasteiger partial charge in [-0.15, -0.1) is 0 Å². The van der Waals surface area contributed by atoms with Gasteiger partial charge in [-0.1, -0.05) is 32.9 Å². The summed E-state index contributed by atoms with van der Waals surface area (Å²) in [5.74, 6) is 2.86. The molecule has 1 saturated heterocycles. The number of anilines is 2.